The van der Waals surface area contributed by atoms with Crippen molar-refractivity contribution in [2.45, 2.75) is 205 Å². The summed E-state index contributed by atoms with van der Waals surface area (Å²) in [5.74, 6) is -2.58. The lowest BCUT2D eigenvalue weighted by Gasteiger charge is -2.52. The fourth-order valence-electron chi connectivity index (χ4n) is 8.83. The highest BCUT2D eigenvalue weighted by molar-refractivity contribution is 5.81. The van der Waals surface area contributed by atoms with Crippen molar-refractivity contribution < 1.29 is 87.0 Å². The van der Waals surface area contributed by atoms with E-state index in [9.17, 15) is 44.4 Å². The molecule has 1 aliphatic carbocycles. The quantitative estimate of drug-likeness (QED) is 0.0790. The minimum Gasteiger partial charge on any atom is -0.491 e. The van der Waals surface area contributed by atoms with Crippen molar-refractivity contribution in [1.82, 2.24) is 31.5 Å². The number of carbonyl (C=O) groups is 5. The first kappa shape index (κ1) is 60.0. The number of allylic oxidation sites excluding steroid dienone is 1. The van der Waals surface area contributed by atoms with Gasteiger partial charge < -0.3 is 94.5 Å². The standard InChI is InChI=1S/C48H82N6O18/c1-25(2)66-41(60)53-29-20-30(51-38(58)31(55)18-19-50-40(59)70-44(3,4)5)36(68-39-34(57)37(48(14,63)24-64-39)54(15)43(62)72-46(9,10)11)33(56)32(29)35-28(52-42(61)71-45(6,7)8)17-16-26(67-35)21-49-22-27-23-65-47(12,13)69-27/h16,27-37,39,49,55-57,63H,1,17-24H2,2-15H3,(H,50,59)(H,51,58)(H,52,61)(H,53,60)/t27-,28+,29-,30+,31-,32?,33-,34+,35-,36-,37+,39+,48-/m0/s1. The Balaban J connectivity index is 1.77. The zero-order valence-electron chi connectivity index (χ0n) is 44.3. The van der Waals surface area contributed by atoms with Crippen LogP contribution in [0.15, 0.2) is 24.2 Å². The van der Waals surface area contributed by atoms with Crippen molar-refractivity contribution in [3.05, 3.63) is 24.2 Å². The molecule has 2 saturated heterocycles. The molecule has 13 atom stereocenters. The second-order valence-electron chi connectivity index (χ2n) is 22.5. The van der Waals surface area contributed by atoms with Crippen LogP contribution in [0.1, 0.15) is 109 Å². The molecule has 1 unspecified atom stereocenters. The molecule has 0 aromatic heterocycles. The lowest BCUT2D eigenvalue weighted by atomic mass is 9.72. The molecule has 1 saturated carbocycles. The summed E-state index contributed by atoms with van der Waals surface area (Å²) in [4.78, 5) is 67.6. The third-order valence-electron chi connectivity index (χ3n) is 11.7. The second-order valence-corrected chi connectivity index (χ2v) is 22.5. The number of aliphatic hydroxyl groups is 4. The Kier molecular flexibility index (Phi) is 20.2. The number of nitrogens with one attached hydrogen (secondary N) is 5. The molecular formula is C48H82N6O18. The molecule has 24 nitrogen and oxygen atoms in total. The first-order valence-electron chi connectivity index (χ1n) is 24.3. The van der Waals surface area contributed by atoms with Crippen molar-refractivity contribution in [1.29, 1.82) is 0 Å². The molecule has 24 heteroatoms. The van der Waals surface area contributed by atoms with Gasteiger partial charge in [-0.1, -0.05) is 6.58 Å². The van der Waals surface area contributed by atoms with Crippen molar-refractivity contribution >= 4 is 30.3 Å². The van der Waals surface area contributed by atoms with Crippen LogP contribution in [0.2, 0.25) is 0 Å². The topological polar surface area (TPSA) is 313 Å². The molecule has 0 radical (unpaired) electrons. The van der Waals surface area contributed by atoms with Crippen LogP contribution in [0.5, 0.6) is 0 Å². The van der Waals surface area contributed by atoms with Crippen LogP contribution in [0.3, 0.4) is 0 Å². The smallest absolute Gasteiger partial charge is 0.412 e. The number of amides is 5. The Hall–Kier alpha value is -4.53. The Morgan fingerprint density at radius 2 is 1.49 bits per heavy atom. The molecule has 412 valence electrons. The van der Waals surface area contributed by atoms with Gasteiger partial charge in [-0.15, -0.1) is 0 Å². The van der Waals surface area contributed by atoms with E-state index in [1.165, 1.54) is 20.9 Å². The summed E-state index contributed by atoms with van der Waals surface area (Å²) in [6.45, 7) is 25.3. The van der Waals surface area contributed by atoms with Crippen LogP contribution in [0.4, 0.5) is 19.2 Å². The molecule has 0 bridgehead atoms. The third kappa shape index (κ3) is 18.1. The van der Waals surface area contributed by atoms with Crippen molar-refractivity contribution in [2.24, 2.45) is 5.92 Å². The normalized spacial score (nSPS) is 31.1. The number of aliphatic hydroxyl groups excluding tert-OH is 3. The van der Waals surface area contributed by atoms with E-state index in [0.29, 0.717) is 18.9 Å². The van der Waals surface area contributed by atoms with E-state index in [1.54, 1.807) is 68.4 Å². The van der Waals surface area contributed by atoms with Gasteiger partial charge in [0.2, 0.25) is 5.91 Å². The van der Waals surface area contributed by atoms with Gasteiger partial charge in [0.15, 0.2) is 12.1 Å². The molecule has 5 amide bonds. The summed E-state index contributed by atoms with van der Waals surface area (Å²) in [5, 5.41) is 61.6. The van der Waals surface area contributed by atoms with E-state index >= 15 is 0 Å². The lowest BCUT2D eigenvalue weighted by molar-refractivity contribution is -0.305. The van der Waals surface area contributed by atoms with E-state index in [4.69, 9.17) is 42.6 Å². The van der Waals surface area contributed by atoms with Gasteiger partial charge in [0, 0.05) is 32.1 Å². The van der Waals surface area contributed by atoms with E-state index < -0.39 is 132 Å². The highest BCUT2D eigenvalue weighted by atomic mass is 16.7. The summed E-state index contributed by atoms with van der Waals surface area (Å²) < 4.78 is 52.4. The summed E-state index contributed by atoms with van der Waals surface area (Å²) in [5.41, 5.74) is -4.55. The summed E-state index contributed by atoms with van der Waals surface area (Å²) >= 11 is 0. The molecule has 4 aliphatic rings. The van der Waals surface area contributed by atoms with Crippen LogP contribution in [0, 0.1) is 5.92 Å². The van der Waals surface area contributed by atoms with Crippen molar-refractivity contribution in [3.8, 4) is 0 Å². The van der Waals surface area contributed by atoms with Gasteiger partial charge in [0.05, 0.1) is 55.9 Å². The van der Waals surface area contributed by atoms with Gasteiger partial charge in [0.1, 0.15) is 52.6 Å². The fourth-order valence-corrected chi connectivity index (χ4v) is 8.83. The minimum absolute atomic E-state index is 0.0227. The van der Waals surface area contributed by atoms with Crippen LogP contribution in [-0.4, -0.2) is 191 Å². The lowest BCUT2D eigenvalue weighted by Crippen LogP contribution is -2.71. The molecule has 4 rings (SSSR count). The van der Waals surface area contributed by atoms with Crippen molar-refractivity contribution in [2.75, 3.05) is 39.9 Å². The second kappa shape index (κ2) is 24.2. The Labute approximate surface area is 422 Å². The Morgan fingerprint density at radius 1 is 0.875 bits per heavy atom. The van der Waals surface area contributed by atoms with Gasteiger partial charge in [-0.3, -0.25) is 4.79 Å². The minimum atomic E-state index is -1.87. The molecule has 9 N–H and O–H groups in total. The number of alkyl carbamates (subject to hydrolysis) is 3. The van der Waals surface area contributed by atoms with E-state index in [2.05, 4.69) is 33.2 Å². The van der Waals surface area contributed by atoms with Crippen molar-refractivity contribution in [3.63, 3.8) is 0 Å². The largest absolute Gasteiger partial charge is 0.491 e. The predicted octanol–water partition coefficient (Wildman–Crippen LogP) is 2.15. The van der Waals surface area contributed by atoms with Gasteiger partial charge >= 0.3 is 24.4 Å². The number of hydrogen-bond donors (Lipinski definition) is 9. The molecule has 0 spiro atoms. The number of rotatable bonds is 16. The average molecular weight is 1030 g/mol. The number of ether oxygens (including phenoxy) is 9. The number of carbonyl (C=O) groups excluding carboxylic acids is 5. The maximum atomic E-state index is 13.9. The van der Waals surface area contributed by atoms with Crippen LogP contribution >= 0.6 is 0 Å². The molecule has 3 heterocycles. The highest BCUT2D eigenvalue weighted by Gasteiger charge is 2.56. The monoisotopic (exact) mass is 1030 g/mol. The maximum absolute atomic E-state index is 13.9. The Morgan fingerprint density at radius 3 is 2.07 bits per heavy atom. The molecule has 3 fully saturated rings. The van der Waals surface area contributed by atoms with Gasteiger partial charge in [0.25, 0.3) is 0 Å². The summed E-state index contributed by atoms with van der Waals surface area (Å²) in [6, 6.07) is -4.87. The summed E-state index contributed by atoms with van der Waals surface area (Å²) in [6.07, 6.45) is -12.3. The molecule has 3 aliphatic heterocycles. The molecule has 72 heavy (non-hydrogen) atoms. The fraction of sp³-hybridized carbons (Fsp3) is 0.812. The van der Waals surface area contributed by atoms with E-state index in [1.807, 2.05) is 13.8 Å². The number of hydrogen-bond acceptors (Lipinski definition) is 19. The first-order chi connectivity index (χ1) is 33.0. The SMILES string of the molecule is C=C(C)OC(=O)N[C@H]1C[C@@H](NC(=O)[C@@H](O)CCNC(=O)OC(C)(C)C)[C@H](O[C@H]2OC[C@](C)(O)[C@H](N(C)C(=O)OC(C)(C)C)[C@H]2O)[C@@H](O)C1[C@H]1OC(CNC[C@H]2COC(C)(C)O2)=CC[C@H]1NC(=O)OC(C)(C)C. The summed E-state index contributed by atoms with van der Waals surface area (Å²) in [7, 11) is 1.32. The van der Waals surface area contributed by atoms with Gasteiger partial charge in [-0.2, -0.15) is 0 Å². The molecular weight excluding hydrogens is 949 g/mol. The van der Waals surface area contributed by atoms with Crippen LogP contribution in [0.25, 0.3) is 0 Å². The van der Waals surface area contributed by atoms with Crippen LogP contribution in [-0.2, 0) is 47.4 Å². The van der Waals surface area contributed by atoms with Gasteiger partial charge in [-0.05, 0) is 115 Å². The highest BCUT2D eigenvalue weighted by Crippen LogP contribution is 2.39. The third-order valence-corrected chi connectivity index (χ3v) is 11.7. The van der Waals surface area contributed by atoms with Crippen LogP contribution < -0.4 is 26.6 Å². The average Bonchev–Trinajstić information content (AvgIpc) is 3.55. The molecule has 0 aromatic rings. The molecule has 0 aromatic carbocycles. The Bertz CT molecular complexity index is 1930. The van der Waals surface area contributed by atoms with E-state index in [0.717, 1.165) is 4.90 Å². The first-order valence-corrected chi connectivity index (χ1v) is 24.3. The zero-order chi connectivity index (χ0) is 54.3. The van der Waals surface area contributed by atoms with E-state index in [-0.39, 0.29) is 44.2 Å². The number of nitrogens with zero attached hydrogens (tertiary/aromatic N) is 1. The number of likely N-dealkylation sites (N-methyl/N-ethyl adjacent to an activating group) is 1. The predicted molar refractivity (Wildman–Crippen MR) is 257 cm³/mol. The zero-order valence-corrected chi connectivity index (χ0v) is 44.3. The maximum Gasteiger partial charge on any atom is 0.412 e. The van der Waals surface area contributed by atoms with Gasteiger partial charge in [-0.25, -0.2) is 19.2 Å².